The highest BCUT2D eigenvalue weighted by atomic mass is 35.5. The lowest BCUT2D eigenvalue weighted by Crippen LogP contribution is -2.40. The van der Waals surface area contributed by atoms with Gasteiger partial charge in [-0.1, -0.05) is 23.7 Å². The van der Waals surface area contributed by atoms with E-state index >= 15 is 0 Å². The number of carbonyl (C=O) groups is 1. The third kappa shape index (κ3) is 5.12. The molecule has 1 amide bonds. The maximum atomic E-state index is 12.2. The standard InChI is InChI=1S/C15H22ClNO3/c1-15(2,12-4-6-13(16)7-5-12)14(19)17-8-3-10-20-11-9-18/h4-7,18H,3,8-11H2,1-2H3,(H,17,19). The first-order chi connectivity index (χ1) is 9.48. The molecular weight excluding hydrogens is 278 g/mol. The van der Waals surface area contributed by atoms with Crippen molar-refractivity contribution in [1.82, 2.24) is 5.32 Å². The van der Waals surface area contributed by atoms with Gasteiger partial charge in [-0.2, -0.15) is 0 Å². The molecule has 0 saturated heterocycles. The van der Waals surface area contributed by atoms with Gasteiger partial charge in [0.05, 0.1) is 18.6 Å². The van der Waals surface area contributed by atoms with E-state index in [9.17, 15) is 4.79 Å². The van der Waals surface area contributed by atoms with Crippen LogP contribution in [0.3, 0.4) is 0 Å². The largest absolute Gasteiger partial charge is 0.394 e. The zero-order valence-electron chi connectivity index (χ0n) is 12.0. The molecule has 0 heterocycles. The molecule has 0 fully saturated rings. The Bertz CT molecular complexity index is 418. The molecule has 0 unspecified atom stereocenters. The van der Waals surface area contributed by atoms with Gasteiger partial charge in [0, 0.05) is 18.2 Å². The molecule has 0 bridgehead atoms. The Hall–Kier alpha value is -1.10. The first-order valence-corrected chi connectivity index (χ1v) is 7.09. The topological polar surface area (TPSA) is 58.6 Å². The SMILES string of the molecule is CC(C)(C(=O)NCCCOCCO)c1ccc(Cl)cc1. The van der Waals surface area contributed by atoms with E-state index in [1.54, 1.807) is 12.1 Å². The van der Waals surface area contributed by atoms with Crippen LogP contribution in [0.1, 0.15) is 25.8 Å². The highest BCUT2D eigenvalue weighted by Gasteiger charge is 2.29. The third-order valence-corrected chi connectivity index (χ3v) is 3.37. The van der Waals surface area contributed by atoms with Crippen LogP contribution in [0.4, 0.5) is 0 Å². The van der Waals surface area contributed by atoms with Gasteiger partial charge in [-0.05, 0) is 38.0 Å². The van der Waals surface area contributed by atoms with Crippen LogP contribution < -0.4 is 5.32 Å². The summed E-state index contributed by atoms with van der Waals surface area (Å²) < 4.78 is 5.13. The molecule has 0 aliphatic rings. The van der Waals surface area contributed by atoms with Gasteiger partial charge in [-0.15, -0.1) is 0 Å². The van der Waals surface area contributed by atoms with Crippen molar-refractivity contribution in [2.45, 2.75) is 25.7 Å². The fraction of sp³-hybridized carbons (Fsp3) is 0.533. The number of halogens is 1. The second kappa shape index (κ2) is 8.25. The Morgan fingerprint density at radius 1 is 1.30 bits per heavy atom. The van der Waals surface area contributed by atoms with Crippen molar-refractivity contribution in [1.29, 1.82) is 0 Å². The maximum absolute atomic E-state index is 12.2. The quantitative estimate of drug-likeness (QED) is 0.723. The second-order valence-electron chi connectivity index (χ2n) is 5.08. The molecule has 2 N–H and O–H groups in total. The number of amides is 1. The van der Waals surface area contributed by atoms with E-state index in [2.05, 4.69) is 5.32 Å². The van der Waals surface area contributed by atoms with Crippen LogP contribution in [0, 0.1) is 0 Å². The van der Waals surface area contributed by atoms with Crippen LogP contribution in [0.5, 0.6) is 0 Å². The molecule has 0 saturated carbocycles. The Morgan fingerprint density at radius 2 is 1.95 bits per heavy atom. The number of benzene rings is 1. The summed E-state index contributed by atoms with van der Waals surface area (Å²) in [5, 5.41) is 12.1. The molecule has 0 spiro atoms. The van der Waals surface area contributed by atoms with Crippen molar-refractivity contribution >= 4 is 17.5 Å². The van der Waals surface area contributed by atoms with Crippen LogP contribution in [0.25, 0.3) is 0 Å². The minimum absolute atomic E-state index is 0.0238. The van der Waals surface area contributed by atoms with E-state index in [0.29, 0.717) is 24.8 Å². The summed E-state index contributed by atoms with van der Waals surface area (Å²) in [5.74, 6) is -0.0259. The van der Waals surface area contributed by atoms with Gasteiger partial charge in [0.15, 0.2) is 0 Å². The number of hydrogen-bond donors (Lipinski definition) is 2. The van der Waals surface area contributed by atoms with Crippen LogP contribution in [0.15, 0.2) is 24.3 Å². The number of hydrogen-bond acceptors (Lipinski definition) is 3. The number of ether oxygens (including phenoxy) is 1. The predicted octanol–water partition coefficient (Wildman–Crippen LogP) is 2.13. The average Bonchev–Trinajstić information content (AvgIpc) is 2.43. The molecule has 1 aromatic rings. The molecule has 20 heavy (non-hydrogen) atoms. The molecule has 0 aliphatic heterocycles. The maximum Gasteiger partial charge on any atom is 0.230 e. The van der Waals surface area contributed by atoms with E-state index in [-0.39, 0.29) is 12.5 Å². The summed E-state index contributed by atoms with van der Waals surface area (Å²) in [6.07, 6.45) is 0.725. The van der Waals surface area contributed by atoms with Crippen molar-refractivity contribution < 1.29 is 14.6 Å². The van der Waals surface area contributed by atoms with Gasteiger partial charge in [0.2, 0.25) is 5.91 Å². The monoisotopic (exact) mass is 299 g/mol. The number of carbonyl (C=O) groups excluding carboxylic acids is 1. The average molecular weight is 300 g/mol. The first-order valence-electron chi connectivity index (χ1n) is 6.71. The molecule has 1 aromatic carbocycles. The minimum Gasteiger partial charge on any atom is -0.394 e. The van der Waals surface area contributed by atoms with E-state index in [1.165, 1.54) is 0 Å². The van der Waals surface area contributed by atoms with Crippen LogP contribution in [0.2, 0.25) is 5.02 Å². The van der Waals surface area contributed by atoms with Gasteiger partial charge in [-0.25, -0.2) is 0 Å². The predicted molar refractivity (Wildman–Crippen MR) is 80.0 cm³/mol. The summed E-state index contributed by atoms with van der Waals surface area (Å²) in [6, 6.07) is 7.31. The van der Waals surface area contributed by atoms with Gasteiger partial charge in [0.25, 0.3) is 0 Å². The number of aliphatic hydroxyl groups excluding tert-OH is 1. The van der Waals surface area contributed by atoms with Crippen molar-refractivity contribution in [3.05, 3.63) is 34.9 Å². The normalized spacial score (nSPS) is 11.4. The summed E-state index contributed by atoms with van der Waals surface area (Å²) >= 11 is 5.85. The fourth-order valence-corrected chi connectivity index (χ4v) is 1.89. The Balaban J connectivity index is 2.43. The van der Waals surface area contributed by atoms with E-state index in [1.807, 2.05) is 26.0 Å². The molecule has 0 radical (unpaired) electrons. The van der Waals surface area contributed by atoms with Gasteiger partial charge in [0.1, 0.15) is 0 Å². The Labute approximate surface area is 125 Å². The lowest BCUT2D eigenvalue weighted by atomic mass is 9.84. The van der Waals surface area contributed by atoms with Crippen LogP contribution >= 0.6 is 11.6 Å². The molecular formula is C15H22ClNO3. The highest BCUT2D eigenvalue weighted by molar-refractivity contribution is 6.30. The summed E-state index contributed by atoms with van der Waals surface area (Å²) in [4.78, 5) is 12.2. The zero-order valence-corrected chi connectivity index (χ0v) is 12.7. The van der Waals surface area contributed by atoms with Crippen molar-refractivity contribution in [3.8, 4) is 0 Å². The molecule has 5 heteroatoms. The first kappa shape index (κ1) is 17.0. The van der Waals surface area contributed by atoms with Crippen molar-refractivity contribution in [3.63, 3.8) is 0 Å². The number of rotatable bonds is 8. The van der Waals surface area contributed by atoms with E-state index in [0.717, 1.165) is 12.0 Å². The highest BCUT2D eigenvalue weighted by Crippen LogP contribution is 2.24. The van der Waals surface area contributed by atoms with E-state index < -0.39 is 5.41 Å². The molecule has 112 valence electrons. The fourth-order valence-electron chi connectivity index (χ4n) is 1.76. The number of aliphatic hydroxyl groups is 1. The molecule has 0 atom stereocenters. The summed E-state index contributed by atoms with van der Waals surface area (Å²) in [7, 11) is 0. The summed E-state index contributed by atoms with van der Waals surface area (Å²) in [5.41, 5.74) is 0.326. The molecule has 0 aromatic heterocycles. The lowest BCUT2D eigenvalue weighted by Gasteiger charge is -2.24. The smallest absolute Gasteiger partial charge is 0.230 e. The van der Waals surface area contributed by atoms with Gasteiger partial charge >= 0.3 is 0 Å². The number of nitrogens with one attached hydrogen (secondary N) is 1. The minimum atomic E-state index is -0.601. The lowest BCUT2D eigenvalue weighted by molar-refractivity contribution is -0.125. The van der Waals surface area contributed by atoms with E-state index in [4.69, 9.17) is 21.4 Å². The van der Waals surface area contributed by atoms with Crippen molar-refractivity contribution in [2.75, 3.05) is 26.4 Å². The molecule has 1 rings (SSSR count). The summed E-state index contributed by atoms with van der Waals surface area (Å²) in [6.45, 7) is 5.21. The molecule has 4 nitrogen and oxygen atoms in total. The molecule has 0 aliphatic carbocycles. The Morgan fingerprint density at radius 3 is 2.55 bits per heavy atom. The van der Waals surface area contributed by atoms with Gasteiger partial charge in [-0.3, -0.25) is 4.79 Å². The third-order valence-electron chi connectivity index (χ3n) is 3.12. The second-order valence-corrected chi connectivity index (χ2v) is 5.51. The zero-order chi connectivity index (χ0) is 15.0. The van der Waals surface area contributed by atoms with Crippen molar-refractivity contribution in [2.24, 2.45) is 0 Å². The van der Waals surface area contributed by atoms with Gasteiger partial charge < -0.3 is 15.2 Å². The Kier molecular flexibility index (Phi) is 6.99. The van der Waals surface area contributed by atoms with Crippen LogP contribution in [-0.2, 0) is 14.9 Å². The van der Waals surface area contributed by atoms with Crippen LogP contribution in [-0.4, -0.2) is 37.4 Å².